The van der Waals surface area contributed by atoms with E-state index in [9.17, 15) is 4.79 Å². The summed E-state index contributed by atoms with van der Waals surface area (Å²) in [5.74, 6) is -0.949. The number of rotatable bonds is 5. The Morgan fingerprint density at radius 2 is 2.33 bits per heavy atom. The molecule has 0 bridgehead atoms. The van der Waals surface area contributed by atoms with E-state index in [2.05, 4.69) is 0 Å². The minimum atomic E-state index is -0.949. The van der Waals surface area contributed by atoms with Gasteiger partial charge >= 0.3 is 5.97 Å². The minimum absolute atomic E-state index is 0.154. The van der Waals surface area contributed by atoms with Crippen LogP contribution in [0.25, 0.3) is 6.08 Å². The van der Waals surface area contributed by atoms with Gasteiger partial charge in [0.25, 0.3) is 0 Å². The van der Waals surface area contributed by atoms with Gasteiger partial charge in [-0.25, -0.2) is 4.79 Å². The third-order valence-electron chi connectivity index (χ3n) is 2.82. The van der Waals surface area contributed by atoms with Crippen LogP contribution in [0.15, 0.2) is 30.3 Å². The standard InChI is InChI=1S/C14H16O4/c15-14(16)6-5-11-3-1-2-4-12(11)9-18-13-7-8-17-10-13/h1-6,13H,7-10H2,(H,15,16)/b6-5+. The van der Waals surface area contributed by atoms with E-state index in [-0.39, 0.29) is 6.10 Å². The van der Waals surface area contributed by atoms with Gasteiger partial charge in [-0.3, -0.25) is 0 Å². The molecule has 0 aromatic heterocycles. The van der Waals surface area contributed by atoms with Gasteiger partial charge in [0.15, 0.2) is 0 Å². The maximum Gasteiger partial charge on any atom is 0.328 e. The van der Waals surface area contributed by atoms with Crippen molar-refractivity contribution in [1.82, 2.24) is 0 Å². The van der Waals surface area contributed by atoms with E-state index >= 15 is 0 Å². The Kier molecular flexibility index (Phi) is 4.50. The van der Waals surface area contributed by atoms with Gasteiger partial charge in [-0.15, -0.1) is 0 Å². The Balaban J connectivity index is 2.00. The van der Waals surface area contributed by atoms with Gasteiger partial charge < -0.3 is 14.6 Å². The molecular formula is C14H16O4. The van der Waals surface area contributed by atoms with Crippen LogP contribution < -0.4 is 0 Å². The topological polar surface area (TPSA) is 55.8 Å². The fraction of sp³-hybridized carbons (Fsp3) is 0.357. The van der Waals surface area contributed by atoms with Crippen LogP contribution in [0.5, 0.6) is 0 Å². The summed E-state index contributed by atoms with van der Waals surface area (Å²) in [5.41, 5.74) is 1.86. The first-order chi connectivity index (χ1) is 8.75. The van der Waals surface area contributed by atoms with Crippen LogP contribution in [0.2, 0.25) is 0 Å². The van der Waals surface area contributed by atoms with Crippen molar-refractivity contribution in [3.8, 4) is 0 Å². The molecule has 96 valence electrons. The number of aliphatic carboxylic acids is 1. The molecule has 1 aromatic carbocycles. The highest BCUT2D eigenvalue weighted by molar-refractivity contribution is 5.85. The van der Waals surface area contributed by atoms with Crippen molar-refractivity contribution in [2.45, 2.75) is 19.1 Å². The molecule has 2 rings (SSSR count). The molecule has 18 heavy (non-hydrogen) atoms. The highest BCUT2D eigenvalue weighted by Gasteiger charge is 2.16. The zero-order valence-corrected chi connectivity index (χ0v) is 10.0. The molecule has 0 saturated carbocycles. The Labute approximate surface area is 106 Å². The third-order valence-corrected chi connectivity index (χ3v) is 2.82. The third kappa shape index (κ3) is 3.68. The monoisotopic (exact) mass is 248 g/mol. The summed E-state index contributed by atoms with van der Waals surface area (Å²) in [7, 11) is 0. The summed E-state index contributed by atoms with van der Waals surface area (Å²) in [5, 5.41) is 8.63. The molecule has 4 heteroatoms. The number of carbonyl (C=O) groups is 1. The fourth-order valence-corrected chi connectivity index (χ4v) is 1.84. The average molecular weight is 248 g/mol. The minimum Gasteiger partial charge on any atom is -0.478 e. The quantitative estimate of drug-likeness (QED) is 0.811. The summed E-state index contributed by atoms with van der Waals surface area (Å²) in [6.07, 6.45) is 3.80. The molecule has 1 fully saturated rings. The van der Waals surface area contributed by atoms with Crippen LogP contribution in [0.3, 0.4) is 0 Å². The molecule has 1 atom stereocenters. The number of hydrogen-bond donors (Lipinski definition) is 1. The SMILES string of the molecule is O=C(O)/C=C/c1ccccc1COC1CCOC1. The van der Waals surface area contributed by atoms with Crippen LogP contribution >= 0.6 is 0 Å². The van der Waals surface area contributed by atoms with Crippen molar-refractivity contribution in [2.75, 3.05) is 13.2 Å². The van der Waals surface area contributed by atoms with Crippen LogP contribution in [0, 0.1) is 0 Å². The largest absolute Gasteiger partial charge is 0.478 e. The van der Waals surface area contributed by atoms with Crippen molar-refractivity contribution in [3.05, 3.63) is 41.5 Å². The first-order valence-electron chi connectivity index (χ1n) is 5.94. The molecule has 1 unspecified atom stereocenters. The predicted octanol–water partition coefficient (Wildman–Crippen LogP) is 2.09. The number of carboxylic acids is 1. The average Bonchev–Trinajstić information content (AvgIpc) is 2.88. The summed E-state index contributed by atoms with van der Waals surface area (Å²) in [4.78, 5) is 10.5. The molecule has 1 heterocycles. The summed E-state index contributed by atoms with van der Waals surface area (Å²) >= 11 is 0. The maximum atomic E-state index is 10.5. The normalized spacial score (nSPS) is 19.4. The van der Waals surface area contributed by atoms with Gasteiger partial charge in [0.1, 0.15) is 0 Å². The number of ether oxygens (including phenoxy) is 2. The Morgan fingerprint density at radius 3 is 3.06 bits per heavy atom. The lowest BCUT2D eigenvalue weighted by molar-refractivity contribution is -0.131. The number of benzene rings is 1. The van der Waals surface area contributed by atoms with Gasteiger partial charge in [-0.1, -0.05) is 24.3 Å². The lowest BCUT2D eigenvalue weighted by atomic mass is 10.1. The van der Waals surface area contributed by atoms with Crippen molar-refractivity contribution in [2.24, 2.45) is 0 Å². The molecule has 0 aliphatic carbocycles. The zero-order valence-electron chi connectivity index (χ0n) is 10.0. The van der Waals surface area contributed by atoms with E-state index in [1.165, 1.54) is 0 Å². The molecule has 0 radical (unpaired) electrons. The van der Waals surface area contributed by atoms with Crippen molar-refractivity contribution in [3.63, 3.8) is 0 Å². The molecule has 0 amide bonds. The van der Waals surface area contributed by atoms with Gasteiger partial charge in [-0.05, 0) is 23.6 Å². The first-order valence-corrected chi connectivity index (χ1v) is 5.94. The molecule has 1 saturated heterocycles. The second kappa shape index (κ2) is 6.33. The van der Waals surface area contributed by atoms with E-state index in [1.54, 1.807) is 6.08 Å². The summed E-state index contributed by atoms with van der Waals surface area (Å²) in [6, 6.07) is 7.62. The van der Waals surface area contributed by atoms with Crippen molar-refractivity contribution < 1.29 is 19.4 Å². The van der Waals surface area contributed by atoms with Crippen molar-refractivity contribution >= 4 is 12.0 Å². The van der Waals surface area contributed by atoms with E-state index in [0.29, 0.717) is 13.2 Å². The predicted molar refractivity (Wildman–Crippen MR) is 67.1 cm³/mol. The molecule has 1 aromatic rings. The lowest BCUT2D eigenvalue weighted by Crippen LogP contribution is -2.12. The van der Waals surface area contributed by atoms with Crippen LogP contribution in [-0.4, -0.2) is 30.4 Å². The number of hydrogen-bond acceptors (Lipinski definition) is 3. The van der Waals surface area contributed by atoms with Gasteiger partial charge in [-0.2, -0.15) is 0 Å². The van der Waals surface area contributed by atoms with Crippen LogP contribution in [0.4, 0.5) is 0 Å². The van der Waals surface area contributed by atoms with E-state index < -0.39 is 5.97 Å². The van der Waals surface area contributed by atoms with Gasteiger partial charge in [0.2, 0.25) is 0 Å². The maximum absolute atomic E-state index is 10.5. The van der Waals surface area contributed by atoms with Crippen LogP contribution in [0.1, 0.15) is 17.5 Å². The van der Waals surface area contributed by atoms with Crippen LogP contribution in [-0.2, 0) is 20.9 Å². The van der Waals surface area contributed by atoms with E-state index in [4.69, 9.17) is 14.6 Å². The van der Waals surface area contributed by atoms with Gasteiger partial charge in [0.05, 0.1) is 19.3 Å². The smallest absolute Gasteiger partial charge is 0.328 e. The fourth-order valence-electron chi connectivity index (χ4n) is 1.84. The van der Waals surface area contributed by atoms with Crippen molar-refractivity contribution in [1.29, 1.82) is 0 Å². The molecular weight excluding hydrogens is 232 g/mol. The Morgan fingerprint density at radius 1 is 1.50 bits per heavy atom. The molecule has 1 N–H and O–H groups in total. The Bertz CT molecular complexity index is 433. The second-order valence-electron chi connectivity index (χ2n) is 4.17. The first kappa shape index (κ1) is 12.8. The molecule has 0 spiro atoms. The second-order valence-corrected chi connectivity index (χ2v) is 4.17. The Hall–Kier alpha value is -1.65. The van der Waals surface area contributed by atoms with E-state index in [0.717, 1.165) is 30.2 Å². The highest BCUT2D eigenvalue weighted by Crippen LogP contribution is 2.15. The molecule has 1 aliphatic rings. The lowest BCUT2D eigenvalue weighted by Gasteiger charge is -2.11. The highest BCUT2D eigenvalue weighted by atomic mass is 16.5. The zero-order chi connectivity index (χ0) is 12.8. The van der Waals surface area contributed by atoms with E-state index in [1.807, 2.05) is 24.3 Å². The van der Waals surface area contributed by atoms with Gasteiger partial charge in [0, 0.05) is 12.7 Å². The summed E-state index contributed by atoms with van der Waals surface area (Å²) in [6.45, 7) is 1.88. The molecule has 1 aliphatic heterocycles. The molecule has 4 nitrogen and oxygen atoms in total. The number of carboxylic acid groups (broad SMARTS) is 1. The summed E-state index contributed by atoms with van der Waals surface area (Å²) < 4.78 is 11.0.